The van der Waals surface area contributed by atoms with E-state index in [1.165, 1.54) is 0 Å². The fourth-order valence-corrected chi connectivity index (χ4v) is 5.72. The van der Waals surface area contributed by atoms with Gasteiger partial charge in [0.2, 0.25) is 0 Å². The van der Waals surface area contributed by atoms with Crippen molar-refractivity contribution in [3.05, 3.63) is 71.8 Å². The van der Waals surface area contributed by atoms with Gasteiger partial charge in [-0.1, -0.05) is 48.5 Å². The van der Waals surface area contributed by atoms with Crippen molar-refractivity contribution in [2.45, 2.75) is 0 Å². The Balaban J connectivity index is 0.00000357. The number of rotatable bonds is 4. The van der Waals surface area contributed by atoms with Crippen LogP contribution in [0, 0.1) is 0 Å². The van der Waals surface area contributed by atoms with Crippen molar-refractivity contribution >= 4 is 90.0 Å². The Morgan fingerprint density at radius 1 is 0.378 bits per heavy atom. The molecule has 13 heteroatoms. The maximum absolute atomic E-state index is 5.04. The van der Waals surface area contributed by atoms with Crippen LogP contribution in [0.2, 0.25) is 0 Å². The van der Waals surface area contributed by atoms with Crippen molar-refractivity contribution in [2.75, 3.05) is 56.4 Å². The minimum absolute atomic E-state index is 0. The second-order valence-corrected chi connectivity index (χ2v) is 11.5. The van der Waals surface area contributed by atoms with Crippen molar-refractivity contribution in [3.8, 4) is 0 Å². The predicted octanol–water partition coefficient (Wildman–Crippen LogP) is 2.98. The summed E-state index contributed by atoms with van der Waals surface area (Å²) in [5.41, 5.74) is 5.43. The van der Waals surface area contributed by atoms with Crippen LogP contribution in [0.3, 0.4) is 0 Å². The SMILES string of the molecule is CN(C)C1=C(N(C)C)c2nc1nc1[n-]c(nc3nc(nc4[n-]c(n2)c2ccccc42)C(N(C)C)=C3N(C)C)c2ccccc12.[Mg+2]. The summed E-state index contributed by atoms with van der Waals surface area (Å²) in [4.78, 5) is 48.0. The normalized spacial score (nSPS) is 13.0. The number of hydrogen-bond acceptors (Lipinski definition) is 10. The van der Waals surface area contributed by atoms with Crippen LogP contribution in [-0.4, -0.2) is 129 Å². The molecule has 7 rings (SSSR count). The summed E-state index contributed by atoms with van der Waals surface area (Å²) < 4.78 is 0. The topological polar surface area (TPSA) is 119 Å². The quantitative estimate of drug-likeness (QED) is 0.279. The molecule has 222 valence electrons. The molecular weight excluding hydrogens is 577 g/mol. The Bertz CT molecular complexity index is 1900. The minimum Gasteiger partial charge on any atom is -0.374 e. The number of hydrogen-bond donors (Lipinski definition) is 0. The molecule has 3 aromatic heterocycles. The van der Waals surface area contributed by atoms with Gasteiger partial charge in [0.05, 0.1) is 22.8 Å². The first-order valence-electron chi connectivity index (χ1n) is 14.2. The Kier molecular flexibility index (Phi) is 7.61. The van der Waals surface area contributed by atoms with E-state index < -0.39 is 0 Å². The Hall–Kier alpha value is -4.75. The van der Waals surface area contributed by atoms with Crippen LogP contribution in [0.15, 0.2) is 48.5 Å². The van der Waals surface area contributed by atoms with E-state index >= 15 is 0 Å². The van der Waals surface area contributed by atoms with Crippen LogP contribution in [0.25, 0.3) is 66.9 Å². The second kappa shape index (κ2) is 11.3. The molecule has 0 saturated heterocycles. The molecule has 0 N–H and O–H groups in total. The van der Waals surface area contributed by atoms with Gasteiger partial charge < -0.3 is 49.5 Å². The Morgan fingerprint density at radius 3 is 0.800 bits per heavy atom. The summed E-state index contributed by atoms with van der Waals surface area (Å²) in [6.07, 6.45) is 0. The Morgan fingerprint density at radius 2 is 0.600 bits per heavy atom. The first-order chi connectivity index (χ1) is 21.1. The van der Waals surface area contributed by atoms with E-state index in [1.807, 2.05) is 125 Å². The fourth-order valence-electron chi connectivity index (χ4n) is 5.72. The van der Waals surface area contributed by atoms with E-state index in [-0.39, 0.29) is 23.1 Å². The van der Waals surface area contributed by atoms with Gasteiger partial charge in [-0.2, -0.15) is 0 Å². The van der Waals surface area contributed by atoms with Crippen molar-refractivity contribution < 1.29 is 0 Å². The molecule has 0 amide bonds. The van der Waals surface area contributed by atoms with Crippen molar-refractivity contribution in [3.63, 3.8) is 0 Å². The Labute approximate surface area is 276 Å². The van der Waals surface area contributed by atoms with Crippen LogP contribution in [0.5, 0.6) is 0 Å². The molecule has 5 heterocycles. The molecule has 0 aliphatic carbocycles. The third-order valence-electron chi connectivity index (χ3n) is 7.60. The van der Waals surface area contributed by atoms with E-state index in [2.05, 4.69) is 0 Å². The first-order valence-corrected chi connectivity index (χ1v) is 14.2. The van der Waals surface area contributed by atoms with E-state index in [1.54, 1.807) is 0 Å². The zero-order chi connectivity index (χ0) is 30.9. The predicted molar refractivity (Wildman–Crippen MR) is 179 cm³/mol. The van der Waals surface area contributed by atoms with Gasteiger partial charge >= 0.3 is 23.1 Å². The van der Waals surface area contributed by atoms with Gasteiger partial charge in [-0.05, 0) is 21.5 Å². The average Bonchev–Trinajstić information content (AvgIpc) is 3.71. The van der Waals surface area contributed by atoms with E-state index in [0.29, 0.717) is 45.9 Å². The van der Waals surface area contributed by atoms with Gasteiger partial charge in [0.1, 0.15) is 23.3 Å². The maximum atomic E-state index is 5.04. The van der Waals surface area contributed by atoms with Gasteiger partial charge in [0.15, 0.2) is 0 Å². The van der Waals surface area contributed by atoms with Crippen molar-refractivity contribution in [1.82, 2.24) is 59.5 Å². The molecule has 12 nitrogen and oxygen atoms in total. The van der Waals surface area contributed by atoms with Crippen molar-refractivity contribution in [2.24, 2.45) is 0 Å². The summed E-state index contributed by atoms with van der Waals surface area (Å²) in [5.74, 6) is 2.05. The molecule has 8 bridgehead atoms. The van der Waals surface area contributed by atoms with Gasteiger partial charge in [-0.25, -0.2) is 9.97 Å². The van der Waals surface area contributed by atoms with E-state index in [4.69, 9.17) is 39.9 Å². The van der Waals surface area contributed by atoms with Crippen LogP contribution in [0.4, 0.5) is 0 Å². The standard InChI is InChI=1S/C32H32N12.Mg/c1-41(2)21-22(42(3)4)30-36-26-19-15-11-12-16-20(19)28(34-26)38-32-24(44(7)8)23(43(5)6)31(40-32)37-27-18-14-10-9-13-17(18)25(33-27)35-29(21)39-30;/h9-16H,1-8H3;/q-2;+2. The molecule has 45 heavy (non-hydrogen) atoms. The van der Waals surface area contributed by atoms with Crippen LogP contribution < -0.4 is 9.97 Å². The molecule has 0 spiro atoms. The van der Waals surface area contributed by atoms with Gasteiger partial charge in [0.25, 0.3) is 0 Å². The number of benzene rings is 2. The molecule has 2 aliphatic rings. The van der Waals surface area contributed by atoms with Gasteiger partial charge in [-0.15, -0.1) is 0 Å². The van der Waals surface area contributed by atoms with Crippen molar-refractivity contribution in [1.29, 1.82) is 0 Å². The smallest absolute Gasteiger partial charge is 0.374 e. The zero-order valence-corrected chi connectivity index (χ0v) is 28.1. The molecule has 0 unspecified atom stereocenters. The molecule has 0 atom stereocenters. The summed E-state index contributed by atoms with van der Waals surface area (Å²) in [7, 11) is 15.8. The van der Waals surface area contributed by atoms with E-state index in [0.717, 1.165) is 44.3 Å². The average molecular weight is 609 g/mol. The van der Waals surface area contributed by atoms with Crippen LogP contribution in [0.1, 0.15) is 23.3 Å². The van der Waals surface area contributed by atoms with Crippen LogP contribution >= 0.6 is 0 Å². The summed E-state index contributed by atoms with van der Waals surface area (Å²) >= 11 is 0. The third kappa shape index (κ3) is 4.92. The zero-order valence-electron chi connectivity index (χ0n) is 26.7. The maximum Gasteiger partial charge on any atom is 2.00 e. The van der Waals surface area contributed by atoms with Gasteiger partial charge in [-0.3, -0.25) is 0 Å². The van der Waals surface area contributed by atoms with Gasteiger partial charge in [0, 0.05) is 79.0 Å². The molecule has 2 aromatic carbocycles. The number of nitrogens with zero attached hydrogens (tertiary/aromatic N) is 12. The van der Waals surface area contributed by atoms with E-state index in [9.17, 15) is 0 Å². The monoisotopic (exact) mass is 608 g/mol. The minimum atomic E-state index is 0. The summed E-state index contributed by atoms with van der Waals surface area (Å²) in [6, 6.07) is 15.9. The third-order valence-corrected chi connectivity index (χ3v) is 7.60. The second-order valence-electron chi connectivity index (χ2n) is 11.5. The van der Waals surface area contributed by atoms with Crippen LogP contribution in [-0.2, 0) is 0 Å². The summed E-state index contributed by atoms with van der Waals surface area (Å²) in [5, 5.41) is 3.49. The number of fused-ring (bicyclic) bond motifs is 14. The molecule has 0 saturated carbocycles. The summed E-state index contributed by atoms with van der Waals surface area (Å²) in [6.45, 7) is 0. The first kappa shape index (κ1) is 30.3. The molecule has 0 radical (unpaired) electrons. The fraction of sp³-hybridized carbons (Fsp3) is 0.250. The largest absolute Gasteiger partial charge is 2.00 e. The number of aromatic nitrogens is 8. The molecule has 2 aliphatic heterocycles. The molecular formula is C32H32MgN12. The molecule has 0 fully saturated rings. The molecule has 5 aromatic rings.